The molecule has 1 saturated carbocycles. The largest absolute Gasteiger partial charge is 0.490 e. The Morgan fingerprint density at radius 3 is 2.88 bits per heavy atom. The molecule has 0 radical (unpaired) electrons. The maximum atomic E-state index is 13.3. The lowest BCUT2D eigenvalue weighted by atomic mass is 9.68. The molecule has 6 nitrogen and oxygen atoms in total. The molecule has 2 aliphatic carbocycles. The van der Waals surface area contributed by atoms with E-state index in [0.717, 1.165) is 61.7 Å². The van der Waals surface area contributed by atoms with Gasteiger partial charge in [0.1, 0.15) is 5.75 Å². The number of carbonyl (C=O) groups excluding carboxylic acids is 1. The third kappa shape index (κ3) is 5.40. The van der Waals surface area contributed by atoms with Gasteiger partial charge in [0.2, 0.25) is 0 Å². The Bertz CT molecular complexity index is 1440. The molecule has 214 valence electrons. The van der Waals surface area contributed by atoms with Crippen LogP contribution in [0.3, 0.4) is 0 Å². The number of halogens is 1. The molecule has 1 fully saturated rings. The van der Waals surface area contributed by atoms with Gasteiger partial charge in [-0.2, -0.15) is 0 Å². The zero-order chi connectivity index (χ0) is 28.1. The van der Waals surface area contributed by atoms with Crippen LogP contribution >= 0.6 is 11.6 Å². The summed E-state index contributed by atoms with van der Waals surface area (Å²) in [5.41, 5.74) is 3.68. The van der Waals surface area contributed by atoms with Crippen molar-refractivity contribution in [2.75, 3.05) is 30.3 Å². The van der Waals surface area contributed by atoms with E-state index in [0.29, 0.717) is 24.5 Å². The summed E-state index contributed by atoms with van der Waals surface area (Å²) >= 11 is 6.39. The molecule has 2 N–H and O–H groups in total. The lowest BCUT2D eigenvalue weighted by Crippen LogP contribution is -2.49. The fraction of sp³-hybridized carbons (Fsp3) is 0.500. The van der Waals surface area contributed by atoms with Crippen molar-refractivity contribution in [1.82, 2.24) is 4.72 Å². The minimum Gasteiger partial charge on any atom is -0.490 e. The number of aryl methyl sites for hydroxylation is 1. The van der Waals surface area contributed by atoms with E-state index < -0.39 is 15.8 Å². The van der Waals surface area contributed by atoms with E-state index in [-0.39, 0.29) is 28.9 Å². The van der Waals surface area contributed by atoms with Crippen molar-refractivity contribution in [3.63, 3.8) is 0 Å². The predicted molar refractivity (Wildman–Crippen MR) is 163 cm³/mol. The van der Waals surface area contributed by atoms with Crippen molar-refractivity contribution in [3.8, 4) is 5.75 Å². The van der Waals surface area contributed by atoms with Crippen LogP contribution in [0, 0.1) is 17.8 Å². The highest BCUT2D eigenvalue weighted by atomic mass is 35.5. The Hall–Kier alpha value is -2.48. The van der Waals surface area contributed by atoms with Crippen molar-refractivity contribution in [2.45, 2.75) is 57.0 Å². The highest BCUT2D eigenvalue weighted by Gasteiger charge is 2.44. The number of carbonyl (C=O) groups is 1. The number of hydrogen-bond acceptors (Lipinski definition) is 5. The number of aliphatic hydroxyl groups is 1. The van der Waals surface area contributed by atoms with Crippen LogP contribution in [0.25, 0.3) is 0 Å². The maximum absolute atomic E-state index is 13.3. The number of anilines is 1. The molecule has 6 atom stereocenters. The highest BCUT2D eigenvalue weighted by molar-refractivity contribution is 7.99. The molecule has 2 bridgehead atoms. The van der Waals surface area contributed by atoms with E-state index in [9.17, 15) is 14.1 Å². The third-order valence-corrected chi connectivity index (χ3v) is 11.3. The lowest BCUT2D eigenvalue weighted by molar-refractivity contribution is 0.0456. The number of hydrogen-bond donors (Lipinski definition) is 2. The van der Waals surface area contributed by atoms with Crippen LogP contribution in [-0.4, -0.2) is 52.6 Å². The lowest BCUT2D eigenvalue weighted by Gasteiger charge is -2.45. The van der Waals surface area contributed by atoms with Crippen molar-refractivity contribution in [3.05, 3.63) is 70.3 Å². The summed E-state index contributed by atoms with van der Waals surface area (Å²) in [5, 5.41) is 11.8. The second-order valence-corrected chi connectivity index (χ2v) is 15.1. The minimum absolute atomic E-state index is 0.0548. The van der Waals surface area contributed by atoms with Gasteiger partial charge in [-0.25, -0.2) is 4.21 Å². The quantitative estimate of drug-likeness (QED) is 0.331. The number of ether oxygens (including phenoxy) is 1. The molecule has 8 heteroatoms. The number of benzene rings is 2. The fourth-order valence-electron chi connectivity index (χ4n) is 7.20. The summed E-state index contributed by atoms with van der Waals surface area (Å²) in [6.45, 7) is 4.05. The van der Waals surface area contributed by atoms with Crippen molar-refractivity contribution >= 4 is 38.8 Å². The van der Waals surface area contributed by atoms with E-state index in [1.54, 1.807) is 6.07 Å². The molecule has 2 aliphatic heterocycles. The monoisotopic (exact) mass is 582 g/mol. The van der Waals surface area contributed by atoms with E-state index in [4.69, 9.17) is 16.3 Å². The average molecular weight is 583 g/mol. The van der Waals surface area contributed by atoms with Gasteiger partial charge in [0.25, 0.3) is 5.91 Å². The SMILES string of the molecule is C=S1(=O)C[C@H](C)C/C=C/[C@H](O)[C@@H]2CC[C@H]2CN2C[C@@]3(CCCc4cc(Cl)ccc43)COc3ccc(cc32)C(=O)N1. The second-order valence-electron chi connectivity index (χ2n) is 12.5. The maximum Gasteiger partial charge on any atom is 0.262 e. The smallest absolute Gasteiger partial charge is 0.262 e. The zero-order valence-electron chi connectivity index (χ0n) is 23.1. The van der Waals surface area contributed by atoms with Crippen molar-refractivity contribution in [2.24, 2.45) is 17.8 Å². The first-order valence-electron chi connectivity index (χ1n) is 14.4. The van der Waals surface area contributed by atoms with Gasteiger partial charge in [-0.1, -0.05) is 36.7 Å². The molecule has 0 saturated heterocycles. The van der Waals surface area contributed by atoms with Gasteiger partial charge in [0, 0.05) is 44.6 Å². The summed E-state index contributed by atoms with van der Waals surface area (Å²) in [6, 6.07) is 11.7. The van der Waals surface area contributed by atoms with Gasteiger partial charge < -0.3 is 14.7 Å². The molecule has 2 aromatic carbocycles. The number of nitrogens with zero attached hydrogens (tertiary/aromatic N) is 1. The molecule has 1 spiro atoms. The van der Waals surface area contributed by atoms with Gasteiger partial charge in [-0.15, -0.1) is 0 Å². The molecule has 6 rings (SSSR count). The third-order valence-electron chi connectivity index (χ3n) is 9.37. The van der Waals surface area contributed by atoms with E-state index in [2.05, 4.69) is 27.6 Å². The molecule has 4 aliphatic rings. The first-order valence-corrected chi connectivity index (χ1v) is 16.7. The number of rotatable bonds is 0. The summed E-state index contributed by atoms with van der Waals surface area (Å²) < 4.78 is 22.5. The minimum atomic E-state index is -2.83. The first-order chi connectivity index (χ1) is 19.1. The van der Waals surface area contributed by atoms with Gasteiger partial charge in [-0.3, -0.25) is 9.52 Å². The molecule has 40 heavy (non-hydrogen) atoms. The molecular weight excluding hydrogens is 544 g/mol. The predicted octanol–water partition coefficient (Wildman–Crippen LogP) is 5.16. The fourth-order valence-corrected chi connectivity index (χ4v) is 8.99. The van der Waals surface area contributed by atoms with Crippen LogP contribution in [-0.2, 0) is 21.5 Å². The number of allylic oxidation sites excluding steroid dienone is 1. The van der Waals surface area contributed by atoms with Crippen LogP contribution in [0.5, 0.6) is 5.75 Å². The first kappa shape index (κ1) is 27.7. The standard InChI is InChI=1S/C32H39ClN2O4S/c1-21-5-3-7-29(36)26-11-8-24(26)17-35-19-32(14-4-6-22-15-25(33)10-12-27(22)32)20-39-30-13-9-23(16-28(30)35)31(37)34-40(2,38)18-21/h3,7,9-10,12-13,15-16,21,24,26,29,36H,2,4-6,8,11,14,17-20H2,1H3,(H,34,37,38)/b7-3+/t21-,24+,26-,29+,32+,40?/m1/s1. The number of aliphatic hydroxyl groups excluding tert-OH is 1. The van der Waals surface area contributed by atoms with Crippen LogP contribution < -0.4 is 14.4 Å². The Morgan fingerprint density at radius 2 is 2.08 bits per heavy atom. The molecule has 2 heterocycles. The molecule has 2 aromatic rings. The summed E-state index contributed by atoms with van der Waals surface area (Å²) in [5.74, 6) is 5.07. The summed E-state index contributed by atoms with van der Waals surface area (Å²) in [6.07, 6.45) is 9.17. The van der Waals surface area contributed by atoms with Crippen LogP contribution in [0.4, 0.5) is 5.69 Å². The van der Waals surface area contributed by atoms with Crippen molar-refractivity contribution in [1.29, 1.82) is 0 Å². The molecule has 1 unspecified atom stereocenters. The van der Waals surface area contributed by atoms with Crippen LogP contribution in [0.15, 0.2) is 48.6 Å². The topological polar surface area (TPSA) is 78.9 Å². The second kappa shape index (κ2) is 10.7. The average Bonchev–Trinajstić information content (AvgIpc) is 3.02. The van der Waals surface area contributed by atoms with Gasteiger partial charge in [0.15, 0.2) is 0 Å². The number of fused-ring (bicyclic) bond motifs is 4. The van der Waals surface area contributed by atoms with Crippen LogP contribution in [0.1, 0.15) is 60.5 Å². The Balaban J connectivity index is 1.42. The molecule has 1 amide bonds. The molecular formula is C32H39ClN2O4S. The van der Waals surface area contributed by atoms with Gasteiger partial charge in [0.05, 0.1) is 18.4 Å². The Kier molecular flexibility index (Phi) is 7.43. The Morgan fingerprint density at radius 1 is 1.23 bits per heavy atom. The zero-order valence-corrected chi connectivity index (χ0v) is 24.7. The highest BCUT2D eigenvalue weighted by Crippen LogP contribution is 2.46. The van der Waals surface area contributed by atoms with E-state index in [1.165, 1.54) is 11.1 Å². The van der Waals surface area contributed by atoms with Gasteiger partial charge >= 0.3 is 0 Å². The Labute approximate surface area is 242 Å². The summed E-state index contributed by atoms with van der Waals surface area (Å²) in [7, 11) is -2.83. The summed E-state index contributed by atoms with van der Waals surface area (Å²) in [4.78, 5) is 15.7. The van der Waals surface area contributed by atoms with E-state index in [1.807, 2.05) is 37.3 Å². The van der Waals surface area contributed by atoms with Crippen LogP contribution in [0.2, 0.25) is 5.02 Å². The van der Waals surface area contributed by atoms with E-state index >= 15 is 0 Å². The van der Waals surface area contributed by atoms with Crippen molar-refractivity contribution < 1.29 is 18.8 Å². The molecule has 0 aromatic heterocycles. The number of amides is 1. The normalized spacial score (nSPS) is 34.9. The van der Waals surface area contributed by atoms with Gasteiger partial charge in [-0.05, 0) is 104 Å². The number of nitrogens with one attached hydrogen (secondary N) is 1.